The smallest absolute Gasteiger partial charge is 0.408 e. The lowest BCUT2D eigenvalue weighted by molar-refractivity contribution is -0.411. The van der Waals surface area contributed by atoms with Crippen molar-refractivity contribution < 1.29 is 53.8 Å². The summed E-state index contributed by atoms with van der Waals surface area (Å²) in [5.41, 5.74) is -1.80. The molecule has 2 aromatic heterocycles. The third-order valence-electron chi connectivity index (χ3n) is 5.93. The highest BCUT2D eigenvalue weighted by atomic mass is 19.4. The number of carbonyl (C=O) groups is 1. The number of nitriles is 1. The summed E-state index contributed by atoms with van der Waals surface area (Å²) < 4.78 is 127. The first-order chi connectivity index (χ1) is 18.9. The Morgan fingerprint density at radius 2 is 1.80 bits per heavy atom. The molecule has 1 aliphatic carbocycles. The number of carbonyl (C=O) groups excluding carboxylic acids is 1. The fraction of sp³-hybridized carbons (Fsp3) is 0.391. The molecule has 4 rings (SSSR count). The molecule has 3 aromatic rings. The number of rotatable bonds is 8. The van der Waals surface area contributed by atoms with Crippen molar-refractivity contribution in [3.8, 4) is 28.9 Å². The molecule has 0 aliphatic heterocycles. The van der Waals surface area contributed by atoms with E-state index in [2.05, 4.69) is 25.0 Å². The van der Waals surface area contributed by atoms with Crippen LogP contribution in [-0.4, -0.2) is 49.8 Å². The van der Waals surface area contributed by atoms with Crippen LogP contribution in [0.2, 0.25) is 0 Å². The van der Waals surface area contributed by atoms with Gasteiger partial charge in [0.25, 0.3) is 11.8 Å². The highest BCUT2D eigenvalue weighted by Crippen LogP contribution is 2.43. The van der Waals surface area contributed by atoms with Gasteiger partial charge in [0.15, 0.2) is 11.4 Å². The molecule has 0 saturated heterocycles. The Morgan fingerprint density at radius 3 is 2.37 bits per heavy atom. The van der Waals surface area contributed by atoms with Crippen LogP contribution in [0.15, 0.2) is 30.6 Å². The van der Waals surface area contributed by atoms with Crippen LogP contribution in [0.3, 0.4) is 0 Å². The minimum atomic E-state index is -5.88. The van der Waals surface area contributed by atoms with E-state index in [-0.39, 0.29) is 11.1 Å². The lowest BCUT2D eigenvalue weighted by Crippen LogP contribution is -2.41. The normalized spacial score (nSPS) is 15.8. The summed E-state index contributed by atoms with van der Waals surface area (Å²) in [6, 6.07) is 6.49. The number of aryl methyl sites for hydroxylation is 2. The predicted octanol–water partition coefficient (Wildman–Crippen LogP) is 5.19. The van der Waals surface area contributed by atoms with Crippen LogP contribution < -0.4 is 10.1 Å². The van der Waals surface area contributed by atoms with Crippen molar-refractivity contribution in [2.24, 2.45) is 7.05 Å². The van der Waals surface area contributed by atoms with Gasteiger partial charge in [-0.2, -0.15) is 32.3 Å². The van der Waals surface area contributed by atoms with Gasteiger partial charge in [-0.15, -0.1) is 18.3 Å². The summed E-state index contributed by atoms with van der Waals surface area (Å²) in [4.78, 5) is 12.7. The van der Waals surface area contributed by atoms with Crippen molar-refractivity contribution >= 4 is 5.91 Å². The highest BCUT2D eigenvalue weighted by molar-refractivity contribution is 5.97. The Kier molecular flexibility index (Phi) is 7.23. The first kappa shape index (κ1) is 29.7. The van der Waals surface area contributed by atoms with E-state index < -0.39 is 53.7 Å². The molecule has 1 aliphatic rings. The van der Waals surface area contributed by atoms with Crippen LogP contribution in [0.4, 0.5) is 39.5 Å². The molecule has 1 aromatic carbocycles. The van der Waals surface area contributed by atoms with Crippen LogP contribution in [0.1, 0.15) is 34.3 Å². The zero-order chi connectivity index (χ0) is 30.5. The van der Waals surface area contributed by atoms with Gasteiger partial charge >= 0.3 is 25.0 Å². The number of hydrogen-bond donors (Lipinski definition) is 1. The van der Waals surface area contributed by atoms with Crippen LogP contribution in [0.25, 0.3) is 16.9 Å². The third kappa shape index (κ3) is 6.24. The van der Waals surface area contributed by atoms with Crippen molar-refractivity contribution in [3.05, 3.63) is 47.3 Å². The van der Waals surface area contributed by atoms with E-state index in [9.17, 15) is 49.6 Å². The maximum Gasteiger partial charge on any atom is 0.525 e. The quantitative estimate of drug-likeness (QED) is 0.359. The molecule has 220 valence electrons. The lowest BCUT2D eigenvalue weighted by atomic mass is 10.0. The van der Waals surface area contributed by atoms with Crippen LogP contribution in [0, 0.1) is 18.3 Å². The number of nitrogens with zero attached hydrogens (tertiary/aromatic N) is 5. The fourth-order valence-electron chi connectivity index (χ4n) is 3.74. The Balaban J connectivity index is 1.68. The number of alkyl halides is 9. The Hall–Kier alpha value is -4.27. The zero-order valence-corrected chi connectivity index (χ0v) is 20.7. The second-order valence-corrected chi connectivity index (χ2v) is 9.02. The molecular formula is C23H17F9N6O3. The molecule has 1 N–H and O–H groups in total. The van der Waals surface area contributed by atoms with Crippen molar-refractivity contribution in [2.45, 2.75) is 50.3 Å². The summed E-state index contributed by atoms with van der Waals surface area (Å²) in [6.45, 7) is 1.62. The predicted molar refractivity (Wildman–Crippen MR) is 118 cm³/mol. The van der Waals surface area contributed by atoms with Gasteiger partial charge in [0.1, 0.15) is 5.54 Å². The summed E-state index contributed by atoms with van der Waals surface area (Å²) in [5, 5.41) is 18.8. The number of aromatic nitrogens is 4. The van der Waals surface area contributed by atoms with E-state index in [4.69, 9.17) is 0 Å². The van der Waals surface area contributed by atoms with Crippen LogP contribution in [-0.2, 0) is 18.0 Å². The lowest BCUT2D eigenvalue weighted by Gasteiger charge is -2.21. The van der Waals surface area contributed by atoms with Crippen molar-refractivity contribution in [2.75, 3.05) is 0 Å². The van der Waals surface area contributed by atoms with Gasteiger partial charge in [0, 0.05) is 24.4 Å². The Labute approximate surface area is 224 Å². The average Bonchev–Trinajstić information content (AvgIpc) is 3.29. The second-order valence-electron chi connectivity index (χ2n) is 9.02. The number of ether oxygens (including phenoxy) is 2. The van der Waals surface area contributed by atoms with E-state index in [1.807, 2.05) is 6.07 Å². The van der Waals surface area contributed by atoms with Gasteiger partial charge in [-0.25, -0.2) is 18.5 Å². The molecule has 2 heterocycles. The minimum absolute atomic E-state index is 0.157. The minimum Gasteiger partial charge on any atom is -0.408 e. The van der Waals surface area contributed by atoms with E-state index in [1.165, 1.54) is 12.1 Å². The topological polar surface area (TPSA) is 107 Å². The number of hydrogen-bond acceptors (Lipinski definition) is 6. The maximum atomic E-state index is 13.9. The number of benzene rings is 1. The van der Waals surface area contributed by atoms with Crippen molar-refractivity contribution in [1.82, 2.24) is 24.9 Å². The van der Waals surface area contributed by atoms with E-state index in [0.717, 1.165) is 19.4 Å². The molecule has 0 spiro atoms. The van der Waals surface area contributed by atoms with E-state index >= 15 is 0 Å². The fourth-order valence-corrected chi connectivity index (χ4v) is 3.74. The molecule has 41 heavy (non-hydrogen) atoms. The molecule has 1 unspecified atom stereocenters. The van der Waals surface area contributed by atoms with Gasteiger partial charge in [0.05, 0.1) is 12.3 Å². The Morgan fingerprint density at radius 1 is 1.15 bits per heavy atom. The largest absolute Gasteiger partial charge is 0.525 e. The summed E-state index contributed by atoms with van der Waals surface area (Å²) in [5.74, 6) is -3.49. The number of halogens is 9. The highest BCUT2D eigenvalue weighted by Gasteiger charge is 2.53. The first-order valence-electron chi connectivity index (χ1n) is 11.4. The van der Waals surface area contributed by atoms with Gasteiger partial charge < -0.3 is 10.1 Å². The standard InChI is InChI=1S/C23H17F9N6O3/c1-11-3-4-12(7-14(11)16(39)35-20(10-33)5-6-20)13-8-34-38(9-13)18-15(21(25,26)27)17(36-37(18)2)40-22(28,29)19(24)41-23(30,31)32/h3-4,7-9,19H,5-6H2,1-2H3,(H,35,39). The zero-order valence-electron chi connectivity index (χ0n) is 20.7. The third-order valence-corrected chi connectivity index (χ3v) is 5.93. The average molecular weight is 596 g/mol. The number of nitrogens with one attached hydrogen (secondary N) is 1. The van der Waals surface area contributed by atoms with Gasteiger partial charge in [-0.3, -0.25) is 4.79 Å². The molecule has 1 fully saturated rings. The number of amides is 1. The van der Waals surface area contributed by atoms with Crippen LogP contribution >= 0.6 is 0 Å². The van der Waals surface area contributed by atoms with E-state index in [0.29, 0.717) is 33.3 Å². The molecule has 1 saturated carbocycles. The SMILES string of the molecule is Cc1ccc(-c2cnn(-c3c(C(F)(F)F)c(OC(F)(F)C(F)OC(F)(F)F)nn3C)c2)cc1C(=O)NC1(C#N)CC1. The summed E-state index contributed by atoms with van der Waals surface area (Å²) >= 11 is 0. The van der Waals surface area contributed by atoms with Gasteiger partial charge in [0.2, 0.25) is 0 Å². The van der Waals surface area contributed by atoms with Gasteiger partial charge in [-0.1, -0.05) is 12.1 Å². The molecule has 18 heteroatoms. The second kappa shape index (κ2) is 9.98. The molecule has 9 nitrogen and oxygen atoms in total. The molecule has 1 atom stereocenters. The first-order valence-corrected chi connectivity index (χ1v) is 11.4. The van der Waals surface area contributed by atoms with E-state index in [1.54, 1.807) is 13.0 Å². The molecule has 1 amide bonds. The van der Waals surface area contributed by atoms with Crippen molar-refractivity contribution in [1.29, 1.82) is 5.26 Å². The molecule has 0 radical (unpaired) electrons. The molecular weight excluding hydrogens is 579 g/mol. The van der Waals surface area contributed by atoms with Crippen molar-refractivity contribution in [3.63, 3.8) is 0 Å². The van der Waals surface area contributed by atoms with Gasteiger partial charge in [-0.05, 0) is 37.0 Å². The molecule has 0 bridgehead atoms. The maximum absolute atomic E-state index is 13.9. The summed E-state index contributed by atoms with van der Waals surface area (Å²) in [7, 11) is 0.868. The Bertz CT molecular complexity index is 1520. The monoisotopic (exact) mass is 596 g/mol. The van der Waals surface area contributed by atoms with Crippen LogP contribution in [0.5, 0.6) is 5.88 Å². The summed E-state index contributed by atoms with van der Waals surface area (Å²) in [6.07, 6.45) is -18.3.